The molecule has 97 heavy (non-hydrogen) atoms. The number of nitrogens with one attached hydrogen (secondary N) is 4. The first-order valence-corrected chi connectivity index (χ1v) is 37.2. The number of carbonyl (C=O) groups excluding carboxylic acids is 8. The van der Waals surface area contributed by atoms with Crippen LogP contribution in [0.15, 0.2) is 11.6 Å². The van der Waals surface area contributed by atoms with Crippen LogP contribution in [0.3, 0.4) is 0 Å². The molecule has 0 aromatic heterocycles. The van der Waals surface area contributed by atoms with Gasteiger partial charge in [-0.15, -0.1) is 0 Å². The summed E-state index contributed by atoms with van der Waals surface area (Å²) in [5.41, 5.74) is 2.35. The smallest absolute Gasteiger partial charge is 0.232 e. The predicted octanol–water partition coefficient (Wildman–Crippen LogP) is 6.44. The van der Waals surface area contributed by atoms with Gasteiger partial charge in [-0.1, -0.05) is 79.4 Å². The van der Waals surface area contributed by atoms with E-state index in [1.165, 1.54) is 67.6 Å². The summed E-state index contributed by atoms with van der Waals surface area (Å²) in [4.78, 5) is 103. The average Bonchev–Trinajstić information content (AvgIpc) is 1.70. The fourth-order valence-electron chi connectivity index (χ4n) is 15.9. The maximum Gasteiger partial charge on any atom is 0.232 e. The molecule has 0 aromatic rings. The van der Waals surface area contributed by atoms with E-state index in [0.717, 1.165) is 48.3 Å². The van der Waals surface area contributed by atoms with E-state index in [4.69, 9.17) is 42.6 Å². The summed E-state index contributed by atoms with van der Waals surface area (Å²) in [6.45, 7) is 26.2. The first kappa shape index (κ1) is 81.5. The van der Waals surface area contributed by atoms with Gasteiger partial charge in [0.2, 0.25) is 47.3 Å². The largest absolute Gasteiger partial charge is 0.379 e. The van der Waals surface area contributed by atoms with Crippen molar-refractivity contribution in [2.24, 2.45) is 58.2 Å². The van der Waals surface area contributed by atoms with Crippen LogP contribution in [0.5, 0.6) is 0 Å². The molecule has 24 nitrogen and oxygen atoms in total. The molecule has 6 rings (SSSR count). The van der Waals surface area contributed by atoms with Gasteiger partial charge in [0.15, 0.2) is 0 Å². The van der Waals surface area contributed by atoms with Crippen molar-refractivity contribution in [2.45, 2.75) is 177 Å². The molecule has 0 aromatic carbocycles. The van der Waals surface area contributed by atoms with Gasteiger partial charge in [0.05, 0.1) is 118 Å². The van der Waals surface area contributed by atoms with Crippen LogP contribution in [0, 0.1) is 58.2 Å². The van der Waals surface area contributed by atoms with Crippen molar-refractivity contribution in [3.8, 4) is 0 Å². The van der Waals surface area contributed by atoms with Gasteiger partial charge >= 0.3 is 0 Å². The molecule has 10 atom stereocenters. The highest BCUT2D eigenvalue weighted by Crippen LogP contribution is 2.67. The number of nitrogens with zero attached hydrogens (tertiary/aromatic N) is 3. The van der Waals surface area contributed by atoms with E-state index in [9.17, 15) is 38.4 Å². The minimum atomic E-state index is -0.283. The van der Waals surface area contributed by atoms with Crippen LogP contribution in [0.25, 0.3) is 0 Å². The first-order chi connectivity index (χ1) is 46.8. The standard InChI is InChI=1S/C73H125N7O17/c1-54(2)11-8-12-55(3)61-17-18-62-60-16-15-58-53-59(19-23-72(58,6)63(60)20-24-73(61,62)7)97-38-33-78(31-25-74-66(83)21-34-89-39-43-93-47-49-95-45-41-91-36-27-76-64(81)13-9-29-79-68(85)51-56(4)70(79)87)32-26-75-67(84)22-35-90-40-44-94-48-50-96-46-42-92-37-28-77-65(82)14-10-30-80-69(86)52-57(5)71(80)88/h15,54-57,59-63H,8-14,16-53H2,1-7H3,(H,74,83)(H,75,84)(H,76,81)(H,77,82). The molecule has 6 aliphatic rings. The van der Waals surface area contributed by atoms with Gasteiger partial charge in [-0.2, -0.15) is 0 Å². The van der Waals surface area contributed by atoms with E-state index >= 15 is 0 Å². The molecular formula is C73H125N7O17. The normalized spacial score (nSPS) is 25.0. The minimum absolute atomic E-state index is 0.102. The van der Waals surface area contributed by atoms with Gasteiger partial charge in [-0.05, 0) is 111 Å². The summed E-state index contributed by atoms with van der Waals surface area (Å²) >= 11 is 0. The zero-order chi connectivity index (χ0) is 69.8. The van der Waals surface area contributed by atoms with Crippen molar-refractivity contribution in [2.75, 3.05) is 171 Å². The number of allylic oxidation sites excluding steroid dienone is 1. The molecule has 0 bridgehead atoms. The maximum absolute atomic E-state index is 12.9. The Labute approximate surface area is 579 Å². The third-order valence-corrected chi connectivity index (χ3v) is 21.3. The molecule has 10 unspecified atom stereocenters. The average molecular weight is 1370 g/mol. The van der Waals surface area contributed by atoms with Crippen LogP contribution in [0.1, 0.15) is 170 Å². The number of hydrogen-bond acceptors (Lipinski definition) is 18. The molecule has 2 saturated heterocycles. The summed E-state index contributed by atoms with van der Waals surface area (Å²) in [6, 6.07) is 0. The molecule has 5 fully saturated rings. The Morgan fingerprint density at radius 1 is 0.505 bits per heavy atom. The summed E-state index contributed by atoms with van der Waals surface area (Å²) in [5, 5.41) is 11.7. The molecule has 3 saturated carbocycles. The Morgan fingerprint density at radius 2 is 0.959 bits per heavy atom. The van der Waals surface area contributed by atoms with Crippen molar-refractivity contribution in [1.29, 1.82) is 0 Å². The molecule has 0 radical (unpaired) electrons. The second-order valence-corrected chi connectivity index (χ2v) is 28.9. The van der Waals surface area contributed by atoms with Crippen molar-refractivity contribution >= 4 is 47.3 Å². The van der Waals surface area contributed by atoms with E-state index in [0.29, 0.717) is 163 Å². The Balaban J connectivity index is 0.797. The van der Waals surface area contributed by atoms with E-state index in [2.05, 4.69) is 66.9 Å². The number of amides is 8. The lowest BCUT2D eigenvalue weighted by atomic mass is 9.47. The zero-order valence-corrected chi connectivity index (χ0v) is 60.4. The fraction of sp³-hybridized carbons (Fsp3) is 0.863. The van der Waals surface area contributed by atoms with Crippen LogP contribution in [0.2, 0.25) is 0 Å². The lowest BCUT2D eigenvalue weighted by molar-refractivity contribution is -0.141. The minimum Gasteiger partial charge on any atom is -0.379 e. The van der Waals surface area contributed by atoms with Gasteiger partial charge in [-0.25, -0.2) is 0 Å². The summed E-state index contributed by atoms with van der Waals surface area (Å²) in [7, 11) is 0. The number of ether oxygens (including phenoxy) is 9. The van der Waals surface area contributed by atoms with Gasteiger partial charge in [0, 0.05) is 109 Å². The second kappa shape index (κ2) is 44.7. The molecule has 4 N–H and O–H groups in total. The second-order valence-electron chi connectivity index (χ2n) is 28.9. The molecule has 554 valence electrons. The number of likely N-dealkylation sites (tertiary alicyclic amines) is 2. The van der Waals surface area contributed by atoms with Crippen LogP contribution < -0.4 is 21.3 Å². The zero-order valence-electron chi connectivity index (χ0n) is 60.4. The van der Waals surface area contributed by atoms with Crippen LogP contribution >= 0.6 is 0 Å². The van der Waals surface area contributed by atoms with Crippen LogP contribution in [-0.4, -0.2) is 239 Å². The SMILES string of the molecule is CC(C)CCCC(C)C1CCC2C3CC=C4CC(OCCN(CCNC(=O)CCOCCOCCOCCOCCNC(=O)CCCN5C(=O)CC(C)C5=O)CCNC(=O)CCOCCOCCOCCOCCNC(=O)CCCN5C(=O)CC(C)C5=O)CCC4(C)C3CCC12C. The van der Waals surface area contributed by atoms with Crippen molar-refractivity contribution in [1.82, 2.24) is 36.0 Å². The Bertz CT molecular complexity index is 2330. The van der Waals surface area contributed by atoms with Gasteiger partial charge < -0.3 is 63.9 Å². The molecule has 24 heteroatoms. The molecule has 8 amide bonds. The molecule has 0 spiro atoms. The highest BCUT2D eigenvalue weighted by molar-refractivity contribution is 6.04. The third kappa shape index (κ3) is 28.1. The number of hydrogen-bond donors (Lipinski definition) is 4. The lowest BCUT2D eigenvalue weighted by Gasteiger charge is -2.58. The summed E-state index contributed by atoms with van der Waals surface area (Å²) in [6.07, 6.45) is 19.1. The lowest BCUT2D eigenvalue weighted by Crippen LogP contribution is -2.51. The Hall–Kier alpha value is -4.50. The van der Waals surface area contributed by atoms with E-state index < -0.39 is 0 Å². The first-order valence-electron chi connectivity index (χ1n) is 37.2. The summed E-state index contributed by atoms with van der Waals surface area (Å²) < 4.78 is 51.5. The Kier molecular flexibility index (Phi) is 37.5. The fourth-order valence-corrected chi connectivity index (χ4v) is 15.9. The quantitative estimate of drug-likeness (QED) is 0.0289. The van der Waals surface area contributed by atoms with Gasteiger partial charge in [-0.3, -0.25) is 53.1 Å². The number of imide groups is 2. The van der Waals surface area contributed by atoms with Crippen LogP contribution in [-0.2, 0) is 81.0 Å². The predicted molar refractivity (Wildman–Crippen MR) is 367 cm³/mol. The van der Waals surface area contributed by atoms with Crippen molar-refractivity contribution < 1.29 is 81.0 Å². The van der Waals surface area contributed by atoms with E-state index in [1.54, 1.807) is 19.4 Å². The number of rotatable bonds is 53. The van der Waals surface area contributed by atoms with Crippen molar-refractivity contribution in [3.05, 3.63) is 11.6 Å². The van der Waals surface area contributed by atoms with E-state index in [1.807, 2.05) is 0 Å². The highest BCUT2D eigenvalue weighted by Gasteiger charge is 2.59. The molecular weight excluding hydrogens is 1250 g/mol. The number of carbonyl (C=O) groups is 8. The van der Waals surface area contributed by atoms with Gasteiger partial charge in [0.25, 0.3) is 0 Å². The third-order valence-electron chi connectivity index (χ3n) is 21.3. The Morgan fingerprint density at radius 3 is 1.42 bits per heavy atom. The van der Waals surface area contributed by atoms with Crippen LogP contribution in [0.4, 0.5) is 0 Å². The number of fused-ring (bicyclic) bond motifs is 5. The van der Waals surface area contributed by atoms with Gasteiger partial charge in [0.1, 0.15) is 0 Å². The summed E-state index contributed by atoms with van der Waals surface area (Å²) in [5.74, 6) is 3.08. The highest BCUT2D eigenvalue weighted by atomic mass is 16.6. The van der Waals surface area contributed by atoms with Crippen molar-refractivity contribution in [3.63, 3.8) is 0 Å². The topological polar surface area (TPSA) is 277 Å². The van der Waals surface area contributed by atoms with E-state index in [-0.39, 0.29) is 135 Å². The molecule has 2 aliphatic heterocycles. The monoisotopic (exact) mass is 1370 g/mol. The molecule has 2 heterocycles. The maximum atomic E-state index is 12.9. The molecule has 4 aliphatic carbocycles.